The highest BCUT2D eigenvalue weighted by molar-refractivity contribution is 5.84. The van der Waals surface area contributed by atoms with Crippen LogP contribution >= 0.6 is 0 Å². The number of ether oxygens (including phenoxy) is 1. The van der Waals surface area contributed by atoms with Crippen molar-refractivity contribution in [3.05, 3.63) is 39.7 Å². The highest BCUT2D eigenvalue weighted by atomic mass is 16.5. The van der Waals surface area contributed by atoms with Gasteiger partial charge in [-0.15, -0.1) is 0 Å². The van der Waals surface area contributed by atoms with E-state index in [2.05, 4.69) is 0 Å². The number of nitrogens with two attached hydrogens (primary N) is 1. The Labute approximate surface area is 106 Å². The van der Waals surface area contributed by atoms with E-state index in [0.29, 0.717) is 13.0 Å². The predicted octanol–water partition coefficient (Wildman–Crippen LogP) is 1.36. The molecule has 0 fully saturated rings. The Hall–Kier alpha value is -1.81. The summed E-state index contributed by atoms with van der Waals surface area (Å²) in [5.74, 6) is 0.753. The van der Waals surface area contributed by atoms with Gasteiger partial charge in [0.25, 0.3) is 5.56 Å². The molecule has 0 amide bonds. The lowest BCUT2D eigenvalue weighted by atomic mass is 10.0. The van der Waals surface area contributed by atoms with E-state index in [1.54, 1.807) is 18.7 Å². The first-order valence-corrected chi connectivity index (χ1v) is 5.96. The maximum atomic E-state index is 12.3. The summed E-state index contributed by atoms with van der Waals surface area (Å²) in [4.78, 5) is 12.3. The second-order valence-electron chi connectivity index (χ2n) is 4.39. The van der Waals surface area contributed by atoms with E-state index in [1.807, 2.05) is 25.1 Å². The molecule has 2 aromatic rings. The number of nitrogens with zero attached hydrogens (tertiary/aromatic N) is 1. The molecular formula is C14H18N2O2. The van der Waals surface area contributed by atoms with Crippen molar-refractivity contribution in [2.45, 2.75) is 13.3 Å². The summed E-state index contributed by atoms with van der Waals surface area (Å²) < 4.78 is 6.86. The normalized spacial score (nSPS) is 10.9. The van der Waals surface area contributed by atoms with Crippen molar-refractivity contribution in [1.82, 2.24) is 4.57 Å². The van der Waals surface area contributed by atoms with E-state index >= 15 is 0 Å². The number of benzene rings is 1. The average molecular weight is 246 g/mol. The van der Waals surface area contributed by atoms with Crippen LogP contribution in [0.2, 0.25) is 0 Å². The fraction of sp³-hybridized carbons (Fsp3) is 0.357. The van der Waals surface area contributed by atoms with E-state index in [9.17, 15) is 4.79 Å². The molecule has 18 heavy (non-hydrogen) atoms. The summed E-state index contributed by atoms with van der Waals surface area (Å²) in [6.45, 7) is 2.46. The first kappa shape index (κ1) is 12.6. The van der Waals surface area contributed by atoms with Gasteiger partial charge in [-0.3, -0.25) is 4.79 Å². The molecule has 0 aliphatic carbocycles. The number of hydrogen-bond acceptors (Lipinski definition) is 3. The monoisotopic (exact) mass is 246 g/mol. The summed E-state index contributed by atoms with van der Waals surface area (Å²) >= 11 is 0. The highest BCUT2D eigenvalue weighted by Gasteiger charge is 2.11. The van der Waals surface area contributed by atoms with Gasteiger partial charge >= 0.3 is 0 Å². The number of aromatic nitrogens is 1. The summed E-state index contributed by atoms with van der Waals surface area (Å²) in [6, 6.07) is 5.78. The van der Waals surface area contributed by atoms with Gasteiger partial charge < -0.3 is 15.0 Å². The van der Waals surface area contributed by atoms with Gasteiger partial charge in [0, 0.05) is 24.1 Å². The molecule has 2 N–H and O–H groups in total. The summed E-state index contributed by atoms with van der Waals surface area (Å²) in [6.07, 6.45) is 0.612. The molecule has 96 valence electrons. The standard InChI is InChI=1S/C14H18N2O2/c1-9-11-5-4-10(18-3)8-13(11)16(2)14(17)12(9)6-7-15/h4-5,8H,6-7,15H2,1-3H3. The number of fused-ring (bicyclic) bond motifs is 1. The third-order valence-corrected chi connectivity index (χ3v) is 3.38. The van der Waals surface area contributed by atoms with Crippen LogP contribution in [0, 0.1) is 6.92 Å². The quantitative estimate of drug-likeness (QED) is 0.889. The SMILES string of the molecule is COc1ccc2c(C)c(CCN)c(=O)n(C)c2c1. The van der Waals surface area contributed by atoms with Crippen molar-refractivity contribution in [2.75, 3.05) is 13.7 Å². The smallest absolute Gasteiger partial charge is 0.254 e. The molecule has 0 aliphatic rings. The van der Waals surface area contributed by atoms with Crippen molar-refractivity contribution in [2.24, 2.45) is 12.8 Å². The molecule has 0 spiro atoms. The number of aryl methyl sites for hydroxylation is 2. The van der Waals surface area contributed by atoms with Gasteiger partial charge in [-0.1, -0.05) is 0 Å². The van der Waals surface area contributed by atoms with Crippen LogP contribution in [0.4, 0.5) is 0 Å². The Kier molecular flexibility index (Phi) is 3.39. The maximum absolute atomic E-state index is 12.3. The topological polar surface area (TPSA) is 57.2 Å². The fourth-order valence-electron chi connectivity index (χ4n) is 2.31. The lowest BCUT2D eigenvalue weighted by Crippen LogP contribution is -2.25. The third kappa shape index (κ3) is 1.88. The molecule has 0 saturated carbocycles. The van der Waals surface area contributed by atoms with Crippen molar-refractivity contribution >= 4 is 10.9 Å². The van der Waals surface area contributed by atoms with Crippen LogP contribution in [0.1, 0.15) is 11.1 Å². The Morgan fingerprint density at radius 3 is 2.72 bits per heavy atom. The molecule has 1 heterocycles. The molecule has 1 aromatic heterocycles. The van der Waals surface area contributed by atoms with E-state index in [0.717, 1.165) is 27.8 Å². The molecule has 0 radical (unpaired) electrons. The molecule has 0 bridgehead atoms. The largest absolute Gasteiger partial charge is 0.497 e. The Morgan fingerprint density at radius 1 is 1.39 bits per heavy atom. The number of pyridine rings is 1. The second-order valence-corrected chi connectivity index (χ2v) is 4.39. The van der Waals surface area contributed by atoms with Gasteiger partial charge in [0.2, 0.25) is 0 Å². The minimum atomic E-state index is 0.0266. The average Bonchev–Trinajstić information content (AvgIpc) is 2.40. The van der Waals surface area contributed by atoms with Crippen LogP contribution in [-0.4, -0.2) is 18.2 Å². The lowest BCUT2D eigenvalue weighted by Gasteiger charge is -2.13. The molecular weight excluding hydrogens is 228 g/mol. The zero-order valence-electron chi connectivity index (χ0n) is 11.0. The number of hydrogen-bond donors (Lipinski definition) is 1. The first-order valence-electron chi connectivity index (χ1n) is 5.96. The molecule has 2 rings (SSSR count). The van der Waals surface area contributed by atoms with Gasteiger partial charge in [-0.2, -0.15) is 0 Å². The Bertz CT molecular complexity index is 644. The van der Waals surface area contributed by atoms with Gasteiger partial charge in [-0.05, 0) is 37.6 Å². The Balaban J connectivity index is 2.84. The Morgan fingerprint density at radius 2 is 2.11 bits per heavy atom. The van der Waals surface area contributed by atoms with E-state index in [-0.39, 0.29) is 5.56 Å². The predicted molar refractivity (Wildman–Crippen MR) is 73.2 cm³/mol. The zero-order valence-corrected chi connectivity index (χ0v) is 11.0. The van der Waals surface area contributed by atoms with E-state index in [4.69, 9.17) is 10.5 Å². The van der Waals surface area contributed by atoms with E-state index in [1.165, 1.54) is 0 Å². The molecule has 0 atom stereocenters. The summed E-state index contributed by atoms with van der Waals surface area (Å²) in [5.41, 5.74) is 8.30. The molecule has 1 aromatic carbocycles. The first-order chi connectivity index (χ1) is 8.60. The third-order valence-electron chi connectivity index (χ3n) is 3.38. The maximum Gasteiger partial charge on any atom is 0.254 e. The number of methoxy groups -OCH3 is 1. The van der Waals surface area contributed by atoms with Crippen molar-refractivity contribution in [1.29, 1.82) is 0 Å². The van der Waals surface area contributed by atoms with Crippen LogP contribution in [-0.2, 0) is 13.5 Å². The van der Waals surface area contributed by atoms with Gasteiger partial charge in [0.15, 0.2) is 0 Å². The van der Waals surface area contributed by atoms with Crippen LogP contribution in [0.25, 0.3) is 10.9 Å². The minimum absolute atomic E-state index is 0.0266. The summed E-state index contributed by atoms with van der Waals surface area (Å²) in [7, 11) is 3.40. The molecule has 0 unspecified atom stereocenters. The van der Waals surface area contributed by atoms with Crippen LogP contribution < -0.4 is 16.0 Å². The van der Waals surface area contributed by atoms with Crippen LogP contribution in [0.15, 0.2) is 23.0 Å². The molecule has 0 aliphatic heterocycles. The van der Waals surface area contributed by atoms with Gasteiger partial charge in [-0.25, -0.2) is 0 Å². The van der Waals surface area contributed by atoms with Crippen LogP contribution in [0.3, 0.4) is 0 Å². The second kappa shape index (κ2) is 4.82. The minimum Gasteiger partial charge on any atom is -0.497 e. The fourth-order valence-corrected chi connectivity index (χ4v) is 2.31. The van der Waals surface area contributed by atoms with Crippen molar-refractivity contribution < 1.29 is 4.74 Å². The summed E-state index contributed by atoms with van der Waals surface area (Å²) in [5, 5.41) is 1.07. The van der Waals surface area contributed by atoms with Gasteiger partial charge in [0.05, 0.1) is 12.6 Å². The highest BCUT2D eigenvalue weighted by Crippen LogP contribution is 2.23. The van der Waals surface area contributed by atoms with Crippen LogP contribution in [0.5, 0.6) is 5.75 Å². The molecule has 4 heteroatoms. The van der Waals surface area contributed by atoms with Crippen molar-refractivity contribution in [3.63, 3.8) is 0 Å². The lowest BCUT2D eigenvalue weighted by molar-refractivity contribution is 0.415. The van der Waals surface area contributed by atoms with Gasteiger partial charge in [0.1, 0.15) is 5.75 Å². The molecule has 0 saturated heterocycles. The molecule has 4 nitrogen and oxygen atoms in total. The zero-order chi connectivity index (χ0) is 13.3. The van der Waals surface area contributed by atoms with E-state index < -0.39 is 0 Å². The van der Waals surface area contributed by atoms with Crippen molar-refractivity contribution in [3.8, 4) is 5.75 Å². The number of rotatable bonds is 3.